The standard InChI is InChI=1S/C23H33N3O3S/c1-17-14-19(3)23(15-18(17)2)30(27,28)24-16-22(26-10-12-29-13-11-26)20-6-8-21(9-7-20)25(4)5/h6-9,14-15,22,24H,10-13,16H2,1-5H3/p+1/t22-/m1/s1. The van der Waals surface area contributed by atoms with Gasteiger partial charge in [0.05, 0.1) is 24.7 Å². The number of hydrogen-bond acceptors (Lipinski definition) is 4. The third-order valence-corrected chi connectivity index (χ3v) is 7.56. The van der Waals surface area contributed by atoms with Gasteiger partial charge in [0, 0.05) is 25.3 Å². The lowest BCUT2D eigenvalue weighted by Gasteiger charge is -2.32. The van der Waals surface area contributed by atoms with Crippen LogP contribution in [0.25, 0.3) is 0 Å². The van der Waals surface area contributed by atoms with Crippen LogP contribution in [-0.4, -0.2) is 55.4 Å². The summed E-state index contributed by atoms with van der Waals surface area (Å²) in [4.78, 5) is 3.77. The van der Waals surface area contributed by atoms with Crippen molar-refractivity contribution >= 4 is 15.7 Å². The van der Waals surface area contributed by atoms with E-state index in [1.54, 1.807) is 6.07 Å². The van der Waals surface area contributed by atoms with Gasteiger partial charge in [-0.05, 0) is 55.7 Å². The lowest BCUT2D eigenvalue weighted by molar-refractivity contribution is -0.937. The molecule has 2 N–H and O–H groups in total. The van der Waals surface area contributed by atoms with Crippen molar-refractivity contribution in [3.8, 4) is 0 Å². The maximum Gasteiger partial charge on any atom is 0.241 e. The number of ether oxygens (including phenoxy) is 1. The molecule has 0 saturated carbocycles. The van der Waals surface area contributed by atoms with Gasteiger partial charge in [0.25, 0.3) is 0 Å². The molecule has 6 nitrogen and oxygen atoms in total. The maximum absolute atomic E-state index is 13.1. The predicted molar refractivity (Wildman–Crippen MR) is 121 cm³/mol. The molecule has 0 bridgehead atoms. The number of benzene rings is 2. The fraction of sp³-hybridized carbons (Fsp3) is 0.478. The average Bonchev–Trinajstić information content (AvgIpc) is 2.72. The van der Waals surface area contributed by atoms with Crippen molar-refractivity contribution in [1.82, 2.24) is 4.72 Å². The Kier molecular flexibility index (Phi) is 7.18. The first-order valence-electron chi connectivity index (χ1n) is 10.5. The second kappa shape index (κ2) is 9.47. The molecule has 1 fully saturated rings. The minimum atomic E-state index is -3.60. The lowest BCUT2D eigenvalue weighted by Crippen LogP contribution is -3.15. The Balaban J connectivity index is 1.85. The van der Waals surface area contributed by atoms with Crippen molar-refractivity contribution in [2.45, 2.75) is 31.7 Å². The molecule has 30 heavy (non-hydrogen) atoms. The predicted octanol–water partition coefficient (Wildman–Crippen LogP) is 1.61. The summed E-state index contributed by atoms with van der Waals surface area (Å²) in [5.41, 5.74) is 5.12. The number of sulfonamides is 1. The van der Waals surface area contributed by atoms with E-state index in [0.717, 1.165) is 41.0 Å². The van der Waals surface area contributed by atoms with Crippen LogP contribution in [0.4, 0.5) is 5.69 Å². The molecule has 1 heterocycles. The Labute approximate surface area is 180 Å². The van der Waals surface area contributed by atoms with Crippen molar-refractivity contribution in [1.29, 1.82) is 0 Å². The number of nitrogens with zero attached hydrogens (tertiary/aromatic N) is 1. The molecule has 2 aromatic rings. The fourth-order valence-corrected chi connectivity index (χ4v) is 5.34. The molecule has 0 radical (unpaired) electrons. The van der Waals surface area contributed by atoms with E-state index in [4.69, 9.17) is 4.74 Å². The van der Waals surface area contributed by atoms with E-state index in [1.165, 1.54) is 4.90 Å². The number of anilines is 1. The highest BCUT2D eigenvalue weighted by Gasteiger charge is 2.29. The zero-order chi connectivity index (χ0) is 21.9. The normalized spacial score (nSPS) is 16.4. The number of nitrogens with one attached hydrogen (secondary N) is 2. The molecule has 0 spiro atoms. The van der Waals surface area contributed by atoms with Gasteiger partial charge in [0.1, 0.15) is 19.1 Å². The van der Waals surface area contributed by atoms with E-state index in [1.807, 2.05) is 40.9 Å². The van der Waals surface area contributed by atoms with E-state index in [2.05, 4.69) is 33.9 Å². The van der Waals surface area contributed by atoms with E-state index < -0.39 is 10.0 Å². The van der Waals surface area contributed by atoms with Gasteiger partial charge in [-0.25, -0.2) is 13.1 Å². The lowest BCUT2D eigenvalue weighted by atomic mass is 10.0. The zero-order valence-electron chi connectivity index (χ0n) is 18.7. The smallest absolute Gasteiger partial charge is 0.241 e. The molecule has 3 rings (SSSR count). The highest BCUT2D eigenvalue weighted by Crippen LogP contribution is 2.21. The number of morpholine rings is 1. The van der Waals surface area contributed by atoms with Gasteiger partial charge in [-0.2, -0.15) is 0 Å². The van der Waals surface area contributed by atoms with Crippen LogP contribution >= 0.6 is 0 Å². The van der Waals surface area contributed by atoms with Crippen LogP contribution in [0.2, 0.25) is 0 Å². The minimum absolute atomic E-state index is 0.0340. The van der Waals surface area contributed by atoms with Crippen LogP contribution in [0.1, 0.15) is 28.3 Å². The molecule has 1 aliphatic heterocycles. The molecule has 164 valence electrons. The fourth-order valence-electron chi connectivity index (χ4n) is 3.98. The second-order valence-electron chi connectivity index (χ2n) is 8.36. The summed E-state index contributed by atoms with van der Waals surface area (Å²) >= 11 is 0. The summed E-state index contributed by atoms with van der Waals surface area (Å²) in [5, 5.41) is 0. The van der Waals surface area contributed by atoms with Crippen LogP contribution in [0.3, 0.4) is 0 Å². The highest BCUT2D eigenvalue weighted by atomic mass is 32.2. The summed E-state index contributed by atoms with van der Waals surface area (Å²) < 4.78 is 34.7. The Bertz CT molecular complexity index is 966. The summed E-state index contributed by atoms with van der Waals surface area (Å²) in [5.74, 6) is 0. The Morgan fingerprint density at radius 1 is 1.00 bits per heavy atom. The SMILES string of the molecule is Cc1cc(C)c(S(=O)(=O)NC[C@H](c2ccc(N(C)C)cc2)[NH+]2CCOCC2)cc1C. The first-order chi connectivity index (χ1) is 14.2. The summed E-state index contributed by atoms with van der Waals surface area (Å²) in [7, 11) is 0.431. The van der Waals surface area contributed by atoms with Gasteiger partial charge in [0.2, 0.25) is 10.0 Å². The molecule has 1 saturated heterocycles. The van der Waals surface area contributed by atoms with Crippen molar-refractivity contribution in [2.75, 3.05) is 51.8 Å². The van der Waals surface area contributed by atoms with Gasteiger partial charge in [-0.15, -0.1) is 0 Å². The molecule has 0 aliphatic carbocycles. The number of rotatable bonds is 7. The van der Waals surface area contributed by atoms with Crippen molar-refractivity contribution in [2.24, 2.45) is 0 Å². The van der Waals surface area contributed by atoms with Gasteiger partial charge in [-0.1, -0.05) is 18.2 Å². The zero-order valence-corrected chi connectivity index (χ0v) is 19.5. The van der Waals surface area contributed by atoms with E-state index in [9.17, 15) is 8.42 Å². The quantitative estimate of drug-likeness (QED) is 0.698. The van der Waals surface area contributed by atoms with E-state index in [0.29, 0.717) is 24.7 Å². The topological polar surface area (TPSA) is 63.1 Å². The summed E-state index contributed by atoms with van der Waals surface area (Å²) in [6.07, 6.45) is 0. The van der Waals surface area contributed by atoms with Crippen LogP contribution in [0.15, 0.2) is 41.3 Å². The third kappa shape index (κ3) is 5.21. The first-order valence-corrected chi connectivity index (χ1v) is 11.9. The molecule has 0 aromatic heterocycles. The molecule has 0 amide bonds. The van der Waals surface area contributed by atoms with Crippen LogP contribution in [0.5, 0.6) is 0 Å². The Morgan fingerprint density at radius 2 is 1.60 bits per heavy atom. The van der Waals surface area contributed by atoms with Gasteiger partial charge >= 0.3 is 0 Å². The van der Waals surface area contributed by atoms with Crippen molar-refractivity contribution in [3.05, 3.63) is 58.7 Å². The summed E-state index contributed by atoms with van der Waals surface area (Å²) in [6.45, 7) is 9.28. The van der Waals surface area contributed by atoms with Gasteiger partial charge in [0.15, 0.2) is 0 Å². The number of aryl methyl sites for hydroxylation is 3. The third-order valence-electron chi connectivity index (χ3n) is 6.00. The van der Waals surface area contributed by atoms with Crippen LogP contribution in [0, 0.1) is 20.8 Å². The number of quaternary nitrogens is 1. The molecular weight excluding hydrogens is 398 g/mol. The molecule has 7 heteroatoms. The highest BCUT2D eigenvalue weighted by molar-refractivity contribution is 7.89. The largest absolute Gasteiger partial charge is 0.378 e. The van der Waals surface area contributed by atoms with E-state index in [-0.39, 0.29) is 6.04 Å². The minimum Gasteiger partial charge on any atom is -0.378 e. The molecule has 1 atom stereocenters. The van der Waals surface area contributed by atoms with Crippen molar-refractivity contribution < 1.29 is 18.1 Å². The van der Waals surface area contributed by atoms with Crippen LogP contribution in [-0.2, 0) is 14.8 Å². The summed E-state index contributed by atoms with van der Waals surface area (Å²) in [6, 6.07) is 12.1. The van der Waals surface area contributed by atoms with E-state index >= 15 is 0 Å². The Hall–Kier alpha value is -1.93. The first kappa shape index (κ1) is 22.7. The van der Waals surface area contributed by atoms with Gasteiger partial charge < -0.3 is 14.5 Å². The molecule has 2 aromatic carbocycles. The number of hydrogen-bond donors (Lipinski definition) is 2. The molecule has 1 aliphatic rings. The maximum atomic E-state index is 13.1. The monoisotopic (exact) mass is 432 g/mol. The molecule has 0 unspecified atom stereocenters. The average molecular weight is 433 g/mol. The molecular formula is C23H34N3O3S+. The van der Waals surface area contributed by atoms with Crippen LogP contribution < -0.4 is 14.5 Å². The second-order valence-corrected chi connectivity index (χ2v) is 10.1. The Morgan fingerprint density at radius 3 is 2.20 bits per heavy atom. The van der Waals surface area contributed by atoms with Gasteiger partial charge in [-0.3, -0.25) is 0 Å². The van der Waals surface area contributed by atoms with Crippen molar-refractivity contribution in [3.63, 3.8) is 0 Å².